The average molecular weight is 771 g/mol. The van der Waals surface area contributed by atoms with Gasteiger partial charge in [0, 0.05) is 75.3 Å². The fourth-order valence-electron chi connectivity index (χ4n) is 7.82. The van der Waals surface area contributed by atoms with Crippen LogP contribution < -0.4 is 30.9 Å². The first kappa shape index (κ1) is 37.8. The molecular weight excluding hydrogens is 723 g/mol. The van der Waals surface area contributed by atoms with Crippen molar-refractivity contribution >= 4 is 64.7 Å². The molecule has 0 bridgehead atoms. The molecule has 1 atom stereocenters. The van der Waals surface area contributed by atoms with Gasteiger partial charge >= 0.3 is 0 Å². The second kappa shape index (κ2) is 16.5. The van der Waals surface area contributed by atoms with Crippen molar-refractivity contribution in [2.24, 2.45) is 0 Å². The van der Waals surface area contributed by atoms with Gasteiger partial charge in [-0.25, -0.2) is 4.98 Å². The summed E-state index contributed by atoms with van der Waals surface area (Å²) in [4.78, 5) is 40.9. The second-order valence-electron chi connectivity index (χ2n) is 14.6. The third kappa shape index (κ3) is 8.73. The Morgan fingerprint density at radius 3 is 2.39 bits per heavy atom. The number of hydrogen-bond acceptors (Lipinski definition) is 11. The highest BCUT2D eigenvalue weighted by Crippen LogP contribution is 2.39. The molecule has 54 heavy (non-hydrogen) atoms. The molecule has 0 aliphatic carbocycles. The number of ether oxygens (including phenoxy) is 1. The minimum atomic E-state index is -2.54. The maximum absolute atomic E-state index is 12.9. The van der Waals surface area contributed by atoms with Crippen molar-refractivity contribution in [2.45, 2.75) is 44.2 Å². The summed E-state index contributed by atoms with van der Waals surface area (Å²) in [5.74, 6) is 0.816. The Hall–Kier alpha value is -4.48. The van der Waals surface area contributed by atoms with Crippen molar-refractivity contribution < 1.29 is 18.9 Å². The Labute approximate surface area is 322 Å². The van der Waals surface area contributed by atoms with Crippen LogP contribution in [0.4, 0.5) is 28.8 Å². The second-order valence-corrected chi connectivity index (χ2v) is 18.2. The lowest BCUT2D eigenvalue weighted by atomic mass is 9.87. The van der Waals surface area contributed by atoms with Crippen molar-refractivity contribution in [2.75, 3.05) is 75.2 Å². The van der Waals surface area contributed by atoms with E-state index in [-0.39, 0.29) is 17.7 Å². The normalized spacial score (nSPS) is 19.0. The summed E-state index contributed by atoms with van der Waals surface area (Å²) in [7, 11) is -0.883. The summed E-state index contributed by atoms with van der Waals surface area (Å²) in [6.07, 6.45) is 4.67. The minimum Gasteiger partial charge on any atom is -0.494 e. The Morgan fingerprint density at radius 2 is 1.65 bits per heavy atom. The third-order valence-corrected chi connectivity index (χ3v) is 12.6. The third-order valence-electron chi connectivity index (χ3n) is 10.7. The van der Waals surface area contributed by atoms with Crippen LogP contribution in [0.15, 0.2) is 72.9 Å². The fraction of sp³-hybridized carbons (Fsp3) is 0.400. The van der Waals surface area contributed by atoms with E-state index in [4.69, 9.17) is 16.3 Å². The van der Waals surface area contributed by atoms with Gasteiger partial charge in [-0.2, -0.15) is 4.98 Å². The molecule has 4 aromatic rings. The maximum atomic E-state index is 12.9. The number of anilines is 5. The number of nitrogens with zero attached hydrogens (tertiary/aromatic N) is 5. The van der Waals surface area contributed by atoms with Gasteiger partial charge in [-0.15, -0.1) is 0 Å². The largest absolute Gasteiger partial charge is 0.494 e. The number of nitrogens with one attached hydrogen (secondary N) is 3. The Kier molecular flexibility index (Phi) is 11.5. The van der Waals surface area contributed by atoms with E-state index in [2.05, 4.69) is 58.8 Å². The molecule has 4 heterocycles. The van der Waals surface area contributed by atoms with Gasteiger partial charge < -0.3 is 24.8 Å². The van der Waals surface area contributed by atoms with Crippen LogP contribution in [-0.2, 0) is 20.7 Å². The van der Waals surface area contributed by atoms with E-state index in [1.807, 2.05) is 48.5 Å². The lowest BCUT2D eigenvalue weighted by Gasteiger charge is -2.43. The molecule has 7 rings (SSSR count). The highest BCUT2D eigenvalue weighted by Gasteiger charge is 2.31. The monoisotopic (exact) mass is 770 g/mol. The van der Waals surface area contributed by atoms with Crippen LogP contribution in [0, 0.1) is 0 Å². The van der Waals surface area contributed by atoms with Crippen LogP contribution in [0.25, 0.3) is 0 Å². The molecule has 3 saturated heterocycles. The number of benzene rings is 3. The van der Waals surface area contributed by atoms with Crippen LogP contribution in [0.5, 0.6) is 5.75 Å². The van der Waals surface area contributed by atoms with Gasteiger partial charge in [0.2, 0.25) is 17.8 Å². The molecule has 3 N–H and O–H groups in total. The number of para-hydroxylation sites is 1. The van der Waals surface area contributed by atoms with E-state index in [1.165, 1.54) is 11.8 Å². The molecule has 14 heteroatoms. The SMILES string of the molecule is COc1cc(N2CCC(N3CCN(Cc4ccccc4C4CCC(=O)NC4=O)CC3)CC2)ccc1Nc1ncc(Cl)c(Nc2ccccc2P(C)(C)=O)n1. The smallest absolute Gasteiger partial charge is 0.234 e. The van der Waals surface area contributed by atoms with Crippen molar-refractivity contribution in [1.29, 1.82) is 0 Å². The van der Waals surface area contributed by atoms with E-state index >= 15 is 0 Å². The zero-order valence-corrected chi connectivity index (χ0v) is 32.7. The number of rotatable bonds is 11. The van der Waals surface area contributed by atoms with Crippen molar-refractivity contribution in [3.05, 3.63) is 89.1 Å². The standard InChI is InChI=1S/C40H48ClN8O4P/c1-53-35-24-29(12-14-33(35)44-40-42-25-32(41)38(46-40)43-34-10-6-7-11-36(34)54(2,3)52)48-18-16-28(17-19-48)49-22-20-47(21-23-49)26-27-8-4-5-9-30(27)31-13-15-37(50)45-39(31)51/h4-12,14,24-25,28,31H,13,15-23,26H2,1-3H3,(H,45,50,51)(H2,42,43,44,46). The van der Waals surface area contributed by atoms with E-state index in [0.717, 1.165) is 80.9 Å². The molecule has 1 unspecified atom stereocenters. The van der Waals surface area contributed by atoms with E-state index in [9.17, 15) is 14.2 Å². The number of carbonyl (C=O) groups is 2. The molecule has 284 valence electrons. The summed E-state index contributed by atoms with van der Waals surface area (Å²) in [6.45, 7) is 10.2. The number of hydrogen-bond donors (Lipinski definition) is 3. The quantitative estimate of drug-likeness (QED) is 0.119. The van der Waals surface area contributed by atoms with Gasteiger partial charge in [0.05, 0.1) is 30.6 Å². The molecule has 12 nitrogen and oxygen atoms in total. The Bertz CT molecular complexity index is 2040. The predicted molar refractivity (Wildman–Crippen MR) is 216 cm³/mol. The summed E-state index contributed by atoms with van der Waals surface area (Å²) in [5, 5.41) is 10.1. The molecule has 2 amide bonds. The van der Waals surface area contributed by atoms with Gasteiger partial charge in [0.15, 0.2) is 5.82 Å². The Balaban J connectivity index is 0.928. The molecule has 0 spiro atoms. The summed E-state index contributed by atoms with van der Waals surface area (Å²) in [5.41, 5.74) is 4.75. The molecule has 1 aromatic heterocycles. The van der Waals surface area contributed by atoms with E-state index in [0.29, 0.717) is 47.1 Å². The molecule has 3 aliphatic rings. The first-order chi connectivity index (χ1) is 26.1. The summed E-state index contributed by atoms with van der Waals surface area (Å²) < 4.78 is 18.7. The molecule has 3 aromatic carbocycles. The number of piperidine rings is 2. The topological polar surface area (TPSA) is 132 Å². The molecule has 0 saturated carbocycles. The minimum absolute atomic E-state index is 0.179. The summed E-state index contributed by atoms with van der Waals surface area (Å²) >= 11 is 6.48. The van der Waals surface area contributed by atoms with Gasteiger partial charge in [-0.1, -0.05) is 48.0 Å². The van der Waals surface area contributed by atoms with Crippen LogP contribution in [0.2, 0.25) is 5.02 Å². The zero-order chi connectivity index (χ0) is 37.8. The van der Waals surface area contributed by atoms with Crippen LogP contribution in [-0.4, -0.2) is 97.3 Å². The lowest BCUT2D eigenvalue weighted by molar-refractivity contribution is -0.134. The Morgan fingerprint density at radius 1 is 0.907 bits per heavy atom. The maximum Gasteiger partial charge on any atom is 0.234 e. The summed E-state index contributed by atoms with van der Waals surface area (Å²) in [6, 6.07) is 22.3. The van der Waals surface area contributed by atoms with Crippen LogP contribution >= 0.6 is 18.7 Å². The van der Waals surface area contributed by atoms with Crippen molar-refractivity contribution in [3.8, 4) is 5.75 Å². The van der Waals surface area contributed by atoms with Gasteiger partial charge in [-0.3, -0.25) is 24.7 Å². The number of piperazine rings is 1. The highest BCUT2D eigenvalue weighted by molar-refractivity contribution is 7.70. The van der Waals surface area contributed by atoms with E-state index in [1.54, 1.807) is 20.4 Å². The number of halogens is 1. The van der Waals surface area contributed by atoms with Gasteiger partial charge in [0.1, 0.15) is 17.9 Å². The number of imide groups is 1. The number of aromatic nitrogens is 2. The number of amides is 2. The van der Waals surface area contributed by atoms with Crippen LogP contribution in [0.1, 0.15) is 42.7 Å². The van der Waals surface area contributed by atoms with Gasteiger partial charge in [0.25, 0.3) is 0 Å². The van der Waals surface area contributed by atoms with E-state index < -0.39 is 7.14 Å². The molecular formula is C40H48ClN8O4P. The first-order valence-corrected chi connectivity index (χ1v) is 21.6. The lowest BCUT2D eigenvalue weighted by Crippen LogP contribution is -2.53. The number of methoxy groups -OCH3 is 1. The first-order valence-electron chi connectivity index (χ1n) is 18.6. The van der Waals surface area contributed by atoms with Crippen molar-refractivity contribution in [1.82, 2.24) is 25.1 Å². The molecule has 3 aliphatic heterocycles. The molecule has 0 radical (unpaired) electrons. The van der Waals surface area contributed by atoms with Crippen molar-refractivity contribution in [3.63, 3.8) is 0 Å². The predicted octanol–water partition coefficient (Wildman–Crippen LogP) is 6.18. The zero-order valence-electron chi connectivity index (χ0n) is 31.1. The molecule has 3 fully saturated rings. The fourth-order valence-corrected chi connectivity index (χ4v) is 9.11. The highest BCUT2D eigenvalue weighted by atomic mass is 35.5. The average Bonchev–Trinajstić information content (AvgIpc) is 3.17. The number of carbonyl (C=O) groups excluding carboxylic acids is 2. The van der Waals surface area contributed by atoms with Crippen LogP contribution in [0.3, 0.4) is 0 Å². The van der Waals surface area contributed by atoms with Gasteiger partial charge in [-0.05, 0) is 68.0 Å².